The van der Waals surface area contributed by atoms with E-state index in [4.69, 9.17) is 19.7 Å². The first-order chi connectivity index (χ1) is 27.5. The fourth-order valence-electron chi connectivity index (χ4n) is 7.34. The molecule has 0 spiro atoms. The van der Waals surface area contributed by atoms with Crippen LogP contribution in [0, 0.1) is 23.1 Å². The minimum atomic E-state index is -4.54. The maximum absolute atomic E-state index is 14.7. The number of likely N-dealkylation sites (tertiary alicyclic amines) is 1. The number of carbonyl (C=O) groups is 4. The monoisotopic (exact) mass is 833 g/mol. The number of carbonyl (C=O) groups excluding carboxylic acids is 4. The predicted molar refractivity (Wildman–Crippen MR) is 210 cm³/mol. The van der Waals surface area contributed by atoms with Crippen molar-refractivity contribution < 1.29 is 41.5 Å². The van der Waals surface area contributed by atoms with E-state index >= 15 is 0 Å². The number of rotatable bonds is 13. The average Bonchev–Trinajstić information content (AvgIpc) is 3.60. The second-order valence-electron chi connectivity index (χ2n) is 15.9. The average molecular weight is 834 g/mol. The Morgan fingerprint density at radius 2 is 1.81 bits per heavy atom. The van der Waals surface area contributed by atoms with Crippen LogP contribution in [0.25, 0.3) is 22.0 Å². The number of thiazole rings is 1. The molecule has 3 heterocycles. The van der Waals surface area contributed by atoms with Gasteiger partial charge in [-0.2, -0.15) is 9.90 Å². The molecular formula is C40H44FN7O8S2. The van der Waals surface area contributed by atoms with Crippen molar-refractivity contribution in [2.75, 3.05) is 13.7 Å². The molecule has 1 aliphatic heterocycles. The quantitative estimate of drug-likeness (QED) is 0.108. The van der Waals surface area contributed by atoms with Crippen molar-refractivity contribution in [2.24, 2.45) is 17.3 Å². The van der Waals surface area contributed by atoms with Crippen molar-refractivity contribution in [1.82, 2.24) is 34.9 Å². The molecule has 1 saturated heterocycles. The highest BCUT2D eigenvalue weighted by Crippen LogP contribution is 2.46. The van der Waals surface area contributed by atoms with Crippen molar-refractivity contribution in [3.63, 3.8) is 0 Å². The van der Waals surface area contributed by atoms with Gasteiger partial charge in [-0.1, -0.05) is 32.9 Å². The number of nitrogens with one attached hydrogen (secondary N) is 2. The number of methoxy groups -OCH3 is 1. The van der Waals surface area contributed by atoms with E-state index in [1.165, 1.54) is 33.2 Å². The highest BCUT2D eigenvalue weighted by molar-refractivity contribution is 7.90. The number of ether oxygens (including phenoxy) is 2. The maximum atomic E-state index is 14.7. The van der Waals surface area contributed by atoms with Gasteiger partial charge in [0.15, 0.2) is 0 Å². The molecule has 3 amide bonds. The zero-order chi connectivity index (χ0) is 41.6. The second-order valence-corrected chi connectivity index (χ2v) is 18.4. The summed E-state index contributed by atoms with van der Waals surface area (Å²) < 4.78 is 53.4. The van der Waals surface area contributed by atoms with Crippen molar-refractivity contribution in [3.05, 3.63) is 78.6 Å². The Balaban J connectivity index is 1.23. The fraction of sp³-hybridized carbons (Fsp3) is 0.425. The molecular weight excluding hydrogens is 790 g/mol. The summed E-state index contributed by atoms with van der Waals surface area (Å²) in [4.78, 5) is 63.5. The van der Waals surface area contributed by atoms with Gasteiger partial charge in [0.2, 0.25) is 11.8 Å². The third-order valence-corrected chi connectivity index (χ3v) is 13.0. The Bertz CT molecular complexity index is 2340. The summed E-state index contributed by atoms with van der Waals surface area (Å²) in [6.45, 7) is 8.90. The molecule has 58 heavy (non-hydrogen) atoms. The largest absolute Gasteiger partial charge is 0.497 e. The fourth-order valence-corrected chi connectivity index (χ4v) is 9.03. The number of hydrogen-bond donors (Lipinski definition) is 2. The SMILES string of the molecule is C=C[C@@H]1C[C@@]1(NC(=O)[C@@H]1C[C@@H](n2nc(-c3ccc(OC)cc3)c(-c3nccs3)n2)CN1C(=O)[C@H](C(=O)OC1CCC1)C(C)(C)C)C(=O)NS(=O)(=O)c1cccc(F)c1. The van der Waals surface area contributed by atoms with Gasteiger partial charge in [0.1, 0.15) is 51.6 Å². The third kappa shape index (κ3) is 7.99. The third-order valence-electron chi connectivity index (χ3n) is 10.9. The Morgan fingerprint density at radius 3 is 2.40 bits per heavy atom. The molecule has 4 aromatic rings. The van der Waals surface area contributed by atoms with Crippen LogP contribution < -0.4 is 14.8 Å². The molecule has 2 N–H and O–H groups in total. The number of sulfonamides is 1. The predicted octanol–water partition coefficient (Wildman–Crippen LogP) is 4.68. The summed E-state index contributed by atoms with van der Waals surface area (Å²) in [5, 5.41) is 14.8. The van der Waals surface area contributed by atoms with Gasteiger partial charge in [-0.15, -0.1) is 23.0 Å². The topological polar surface area (TPSA) is 192 Å². The van der Waals surface area contributed by atoms with E-state index in [1.807, 2.05) is 22.2 Å². The standard InChI is InChI=1S/C40H44FN7O8S2/c1-6-24-21-40(24,38(52)46-58(53,54)29-12-7-9-25(41)19-29)43-34(49)30-20-26(22-47(30)36(50)31(39(2,3)4)37(51)56-28-10-8-11-28)48-44-32(23-13-15-27(55-5)16-14-23)33(45-48)35-42-17-18-57-35/h6-7,9,12-19,24,26,28,30-31H,1,8,10-11,20-22H2,2-5H3,(H,43,49)(H,46,52)/t24-,26-,30+,31-,40+/m1/s1. The molecule has 7 rings (SSSR count). The Hall–Kier alpha value is -5.49. The second kappa shape index (κ2) is 15.7. The van der Waals surface area contributed by atoms with Gasteiger partial charge in [-0.05, 0) is 73.6 Å². The van der Waals surface area contributed by atoms with E-state index in [9.17, 15) is 32.0 Å². The Labute approximate surface area is 339 Å². The van der Waals surface area contributed by atoms with Crippen molar-refractivity contribution in [2.45, 2.75) is 81.5 Å². The smallest absolute Gasteiger partial charge is 0.319 e. The van der Waals surface area contributed by atoms with E-state index < -0.39 is 79.3 Å². The summed E-state index contributed by atoms with van der Waals surface area (Å²) in [6, 6.07) is 9.45. The molecule has 3 aliphatic rings. The van der Waals surface area contributed by atoms with Crippen LogP contribution in [0.15, 0.2) is 77.7 Å². The molecule has 18 heteroatoms. The number of esters is 1. The van der Waals surface area contributed by atoms with Crippen LogP contribution in [0.1, 0.15) is 58.9 Å². The molecule has 306 valence electrons. The first-order valence-electron chi connectivity index (χ1n) is 18.8. The van der Waals surface area contributed by atoms with Crippen LogP contribution in [0.2, 0.25) is 0 Å². The minimum absolute atomic E-state index is 0.0122. The molecule has 3 fully saturated rings. The zero-order valence-corrected chi connectivity index (χ0v) is 34.0. The van der Waals surface area contributed by atoms with Crippen molar-refractivity contribution >= 4 is 45.1 Å². The molecule has 5 atom stereocenters. The number of aromatic nitrogens is 4. The maximum Gasteiger partial charge on any atom is 0.319 e. The van der Waals surface area contributed by atoms with Crippen LogP contribution >= 0.6 is 11.3 Å². The molecule has 0 unspecified atom stereocenters. The summed E-state index contributed by atoms with van der Waals surface area (Å²) >= 11 is 1.36. The van der Waals surface area contributed by atoms with E-state index in [0.717, 1.165) is 24.6 Å². The lowest BCUT2D eigenvalue weighted by atomic mass is 9.79. The van der Waals surface area contributed by atoms with Crippen LogP contribution in [0.3, 0.4) is 0 Å². The van der Waals surface area contributed by atoms with Gasteiger partial charge in [0, 0.05) is 36.0 Å². The highest BCUT2D eigenvalue weighted by Gasteiger charge is 2.62. The Kier molecular flexibility index (Phi) is 11.0. The molecule has 2 aromatic carbocycles. The van der Waals surface area contributed by atoms with E-state index in [-0.39, 0.29) is 25.5 Å². The summed E-state index contributed by atoms with van der Waals surface area (Å²) in [5.74, 6) is -5.29. The lowest BCUT2D eigenvalue weighted by Gasteiger charge is -2.35. The highest BCUT2D eigenvalue weighted by atomic mass is 32.2. The van der Waals surface area contributed by atoms with Crippen LogP contribution in [0.5, 0.6) is 5.75 Å². The number of halogens is 1. The van der Waals surface area contributed by atoms with Gasteiger partial charge in [-0.3, -0.25) is 19.2 Å². The summed E-state index contributed by atoms with van der Waals surface area (Å²) in [6.07, 6.45) is 5.06. The normalized spacial score (nSPS) is 22.4. The summed E-state index contributed by atoms with van der Waals surface area (Å²) in [7, 11) is -2.98. The molecule has 0 bridgehead atoms. The zero-order valence-electron chi connectivity index (χ0n) is 32.4. The number of hydrogen-bond acceptors (Lipinski definition) is 12. The molecule has 15 nitrogen and oxygen atoms in total. The van der Waals surface area contributed by atoms with E-state index in [1.54, 1.807) is 46.2 Å². The lowest BCUT2D eigenvalue weighted by Crippen LogP contribution is -2.57. The lowest BCUT2D eigenvalue weighted by molar-refractivity contribution is -0.169. The molecule has 2 saturated carbocycles. The van der Waals surface area contributed by atoms with Crippen molar-refractivity contribution in [3.8, 4) is 27.7 Å². The minimum Gasteiger partial charge on any atom is -0.497 e. The molecule has 2 aliphatic carbocycles. The Morgan fingerprint density at radius 1 is 1.09 bits per heavy atom. The summed E-state index contributed by atoms with van der Waals surface area (Å²) in [5.41, 5.74) is -0.972. The first kappa shape index (κ1) is 40.7. The van der Waals surface area contributed by atoms with Gasteiger partial charge in [0.25, 0.3) is 15.9 Å². The van der Waals surface area contributed by atoms with Gasteiger partial charge >= 0.3 is 5.97 Å². The van der Waals surface area contributed by atoms with Crippen LogP contribution in [-0.2, 0) is 33.9 Å². The number of benzene rings is 2. The van der Waals surface area contributed by atoms with Gasteiger partial charge in [-0.25, -0.2) is 22.5 Å². The number of amides is 3. The van der Waals surface area contributed by atoms with Crippen LogP contribution in [0.4, 0.5) is 4.39 Å². The van der Waals surface area contributed by atoms with Gasteiger partial charge in [0.05, 0.1) is 18.0 Å². The molecule has 2 aromatic heterocycles. The van der Waals surface area contributed by atoms with Gasteiger partial charge < -0.3 is 19.7 Å². The first-order valence-corrected chi connectivity index (χ1v) is 21.2. The number of nitrogens with zero attached hydrogens (tertiary/aromatic N) is 5. The van der Waals surface area contributed by atoms with Crippen molar-refractivity contribution in [1.29, 1.82) is 0 Å². The molecule has 0 radical (unpaired) electrons. The van der Waals surface area contributed by atoms with E-state index in [2.05, 4.69) is 16.9 Å². The van der Waals surface area contributed by atoms with E-state index in [0.29, 0.717) is 40.6 Å². The van der Waals surface area contributed by atoms with Crippen LogP contribution in [-0.4, -0.2) is 88.3 Å².